The first kappa shape index (κ1) is 20.4. The number of hydrogen-bond acceptors (Lipinski definition) is 6. The third-order valence-corrected chi connectivity index (χ3v) is 6.43. The summed E-state index contributed by atoms with van der Waals surface area (Å²) in [5, 5.41) is 19.1. The van der Waals surface area contributed by atoms with E-state index in [0.29, 0.717) is 16.9 Å². The van der Waals surface area contributed by atoms with Gasteiger partial charge in [0.05, 0.1) is 16.7 Å². The van der Waals surface area contributed by atoms with Crippen LogP contribution in [0.15, 0.2) is 58.5 Å². The Balaban J connectivity index is 1.54. The molecule has 2 aromatic carbocycles. The standard InChI is InChI=1S/C23H23N7OS/c1-4-12-29-20(16-9-7-8-15(2)13-16)25-27-23(29)32-14-19-24-26-22-28(3)21(31)17-10-5-6-11-18(17)30(19)22/h5-11,13H,4,12,14H2,1-3H3. The van der Waals surface area contributed by atoms with E-state index in [1.165, 1.54) is 5.56 Å². The molecule has 5 rings (SSSR count). The molecule has 0 radical (unpaired) electrons. The zero-order valence-electron chi connectivity index (χ0n) is 18.2. The molecule has 0 aliphatic heterocycles. The van der Waals surface area contributed by atoms with Crippen LogP contribution in [0.4, 0.5) is 0 Å². The largest absolute Gasteiger partial charge is 0.302 e. The van der Waals surface area contributed by atoms with Gasteiger partial charge in [0, 0.05) is 19.2 Å². The van der Waals surface area contributed by atoms with E-state index in [9.17, 15) is 4.79 Å². The Hall–Kier alpha value is -3.46. The molecule has 0 spiro atoms. The van der Waals surface area contributed by atoms with Gasteiger partial charge in [-0.1, -0.05) is 54.6 Å². The number of aromatic nitrogens is 7. The van der Waals surface area contributed by atoms with E-state index < -0.39 is 0 Å². The van der Waals surface area contributed by atoms with Gasteiger partial charge in [0.25, 0.3) is 5.56 Å². The van der Waals surface area contributed by atoms with Gasteiger partial charge >= 0.3 is 0 Å². The van der Waals surface area contributed by atoms with Crippen LogP contribution in [0.3, 0.4) is 0 Å². The van der Waals surface area contributed by atoms with Crippen LogP contribution in [0.2, 0.25) is 0 Å². The van der Waals surface area contributed by atoms with E-state index in [-0.39, 0.29) is 5.56 Å². The summed E-state index contributed by atoms with van der Waals surface area (Å²) < 4.78 is 5.65. The minimum Gasteiger partial charge on any atom is -0.302 e. The summed E-state index contributed by atoms with van der Waals surface area (Å²) in [5.41, 5.74) is 2.98. The molecule has 0 bridgehead atoms. The molecule has 0 saturated heterocycles. The summed E-state index contributed by atoms with van der Waals surface area (Å²) >= 11 is 1.58. The van der Waals surface area contributed by atoms with E-state index in [1.807, 2.05) is 34.7 Å². The highest BCUT2D eigenvalue weighted by atomic mass is 32.2. The zero-order valence-corrected chi connectivity index (χ0v) is 19.0. The lowest BCUT2D eigenvalue weighted by atomic mass is 10.1. The van der Waals surface area contributed by atoms with E-state index >= 15 is 0 Å². The SMILES string of the molecule is CCCn1c(SCc2nnc3n(C)c(=O)c4ccccc4n23)nnc1-c1cccc(C)c1. The first-order valence-corrected chi connectivity index (χ1v) is 11.5. The van der Waals surface area contributed by atoms with Crippen LogP contribution in [0.25, 0.3) is 28.1 Å². The molecule has 3 aromatic heterocycles. The summed E-state index contributed by atoms with van der Waals surface area (Å²) in [4.78, 5) is 12.7. The summed E-state index contributed by atoms with van der Waals surface area (Å²) in [6.07, 6.45) is 0.977. The number of para-hydroxylation sites is 1. The van der Waals surface area contributed by atoms with E-state index in [1.54, 1.807) is 23.4 Å². The van der Waals surface area contributed by atoms with Gasteiger partial charge in [0.15, 0.2) is 11.0 Å². The van der Waals surface area contributed by atoms with Crippen molar-refractivity contribution in [1.82, 2.24) is 33.9 Å². The van der Waals surface area contributed by atoms with Crippen LogP contribution in [0.1, 0.15) is 24.7 Å². The van der Waals surface area contributed by atoms with Crippen LogP contribution in [-0.2, 0) is 19.3 Å². The first-order valence-electron chi connectivity index (χ1n) is 10.5. The second kappa shape index (κ2) is 8.23. The molecule has 0 unspecified atom stereocenters. The summed E-state index contributed by atoms with van der Waals surface area (Å²) in [5.74, 6) is 2.72. The topological polar surface area (TPSA) is 82.9 Å². The maximum Gasteiger partial charge on any atom is 0.262 e. The minimum atomic E-state index is -0.0785. The highest BCUT2D eigenvalue weighted by Crippen LogP contribution is 2.27. The van der Waals surface area contributed by atoms with Crippen LogP contribution >= 0.6 is 11.8 Å². The number of nitrogens with zero attached hydrogens (tertiary/aromatic N) is 7. The van der Waals surface area contributed by atoms with Gasteiger partial charge in [0.1, 0.15) is 5.82 Å². The van der Waals surface area contributed by atoms with Crippen molar-refractivity contribution in [2.45, 2.75) is 37.7 Å². The van der Waals surface area contributed by atoms with E-state index in [2.05, 4.69) is 57.0 Å². The molecule has 162 valence electrons. The van der Waals surface area contributed by atoms with Crippen molar-refractivity contribution in [2.75, 3.05) is 0 Å². The lowest BCUT2D eigenvalue weighted by Gasteiger charge is -2.10. The van der Waals surface area contributed by atoms with Crippen molar-refractivity contribution >= 4 is 28.4 Å². The average Bonchev–Trinajstić information content (AvgIpc) is 3.41. The predicted molar refractivity (Wildman–Crippen MR) is 126 cm³/mol. The number of hydrogen-bond donors (Lipinski definition) is 0. The van der Waals surface area contributed by atoms with E-state index in [4.69, 9.17) is 0 Å². The summed E-state index contributed by atoms with van der Waals surface area (Å²) in [6, 6.07) is 15.9. The molecule has 0 aliphatic rings. The van der Waals surface area contributed by atoms with Crippen molar-refractivity contribution in [1.29, 1.82) is 0 Å². The maximum absolute atomic E-state index is 12.7. The summed E-state index contributed by atoms with van der Waals surface area (Å²) in [7, 11) is 1.72. The van der Waals surface area contributed by atoms with Gasteiger partial charge < -0.3 is 4.57 Å². The fourth-order valence-electron chi connectivity index (χ4n) is 3.93. The Kier molecular flexibility index (Phi) is 5.26. The second-order valence-corrected chi connectivity index (χ2v) is 8.69. The molecular weight excluding hydrogens is 422 g/mol. The first-order chi connectivity index (χ1) is 15.6. The Labute approximate surface area is 188 Å². The molecule has 8 nitrogen and oxygen atoms in total. The fraction of sp³-hybridized carbons (Fsp3) is 0.261. The highest BCUT2D eigenvalue weighted by Gasteiger charge is 2.18. The van der Waals surface area contributed by atoms with Crippen molar-refractivity contribution in [2.24, 2.45) is 7.05 Å². The molecule has 0 saturated carbocycles. The van der Waals surface area contributed by atoms with Crippen molar-refractivity contribution in [3.05, 3.63) is 70.3 Å². The van der Waals surface area contributed by atoms with Gasteiger partial charge in [-0.15, -0.1) is 20.4 Å². The fourth-order valence-corrected chi connectivity index (χ4v) is 4.81. The van der Waals surface area contributed by atoms with Gasteiger partial charge in [-0.25, -0.2) is 0 Å². The Morgan fingerprint density at radius 3 is 2.66 bits per heavy atom. The normalized spacial score (nSPS) is 11.6. The number of thioether (sulfide) groups is 1. The van der Waals surface area contributed by atoms with E-state index in [0.717, 1.165) is 40.9 Å². The van der Waals surface area contributed by atoms with Crippen molar-refractivity contribution in [3.63, 3.8) is 0 Å². The number of fused-ring (bicyclic) bond motifs is 3. The van der Waals surface area contributed by atoms with Gasteiger partial charge in [-0.2, -0.15) is 0 Å². The molecule has 0 atom stereocenters. The quantitative estimate of drug-likeness (QED) is 0.369. The smallest absolute Gasteiger partial charge is 0.262 e. The molecule has 3 heterocycles. The minimum absolute atomic E-state index is 0.0785. The van der Waals surface area contributed by atoms with Crippen LogP contribution in [-0.4, -0.2) is 33.9 Å². The Morgan fingerprint density at radius 1 is 1.00 bits per heavy atom. The number of rotatable bonds is 6. The Morgan fingerprint density at radius 2 is 1.84 bits per heavy atom. The molecule has 5 aromatic rings. The maximum atomic E-state index is 12.7. The monoisotopic (exact) mass is 445 g/mol. The van der Waals surface area contributed by atoms with Crippen molar-refractivity contribution < 1.29 is 0 Å². The van der Waals surface area contributed by atoms with Gasteiger partial charge in [0.2, 0.25) is 5.78 Å². The zero-order chi connectivity index (χ0) is 22.2. The predicted octanol–water partition coefficient (Wildman–Crippen LogP) is 3.85. The molecule has 0 N–H and O–H groups in total. The average molecular weight is 446 g/mol. The summed E-state index contributed by atoms with van der Waals surface area (Å²) in [6.45, 7) is 5.05. The number of aryl methyl sites for hydroxylation is 2. The van der Waals surface area contributed by atoms with Gasteiger partial charge in [-0.05, 0) is 31.5 Å². The van der Waals surface area contributed by atoms with Crippen LogP contribution in [0, 0.1) is 6.92 Å². The second-order valence-electron chi connectivity index (χ2n) is 7.75. The highest BCUT2D eigenvalue weighted by molar-refractivity contribution is 7.98. The molecule has 0 amide bonds. The molecule has 0 aliphatic carbocycles. The van der Waals surface area contributed by atoms with Crippen molar-refractivity contribution in [3.8, 4) is 11.4 Å². The van der Waals surface area contributed by atoms with Gasteiger partial charge in [-0.3, -0.25) is 13.8 Å². The molecule has 0 fully saturated rings. The Bertz CT molecular complexity index is 1500. The van der Waals surface area contributed by atoms with Crippen LogP contribution in [0.5, 0.6) is 0 Å². The molecule has 32 heavy (non-hydrogen) atoms. The molecular formula is C23H23N7OS. The number of benzene rings is 2. The third kappa shape index (κ3) is 3.38. The lowest BCUT2D eigenvalue weighted by molar-refractivity contribution is 0.626. The molecule has 9 heteroatoms. The lowest BCUT2D eigenvalue weighted by Crippen LogP contribution is -2.20. The third-order valence-electron chi connectivity index (χ3n) is 5.46. The van der Waals surface area contributed by atoms with Crippen LogP contribution < -0.4 is 5.56 Å².